The van der Waals surface area contributed by atoms with Gasteiger partial charge in [0.1, 0.15) is 0 Å². The third-order valence-electron chi connectivity index (χ3n) is 4.48. The maximum absolute atomic E-state index is 5.50. The summed E-state index contributed by atoms with van der Waals surface area (Å²) in [4.78, 5) is 4.45. The molecule has 3 nitrogen and oxygen atoms in total. The fourth-order valence-electron chi connectivity index (χ4n) is 4.28. The molecule has 14 heavy (non-hydrogen) atoms. The van der Waals surface area contributed by atoms with Gasteiger partial charge in [0.05, 0.1) is 6.04 Å². The van der Waals surface area contributed by atoms with E-state index in [1.54, 1.807) is 0 Å². The maximum Gasteiger partial charge on any atom is 0.186 e. The number of guanidine groups is 1. The van der Waals surface area contributed by atoms with Crippen LogP contribution in [0.3, 0.4) is 0 Å². The van der Waals surface area contributed by atoms with E-state index in [4.69, 9.17) is 11.5 Å². The Labute approximate surface area is 84.9 Å². The summed E-state index contributed by atoms with van der Waals surface area (Å²) in [6.45, 7) is 0. The molecule has 0 spiro atoms. The molecule has 4 bridgehead atoms. The molecule has 0 aliphatic heterocycles. The van der Waals surface area contributed by atoms with Crippen molar-refractivity contribution in [2.75, 3.05) is 0 Å². The molecule has 4 N–H and O–H groups in total. The van der Waals surface area contributed by atoms with Crippen LogP contribution in [-0.4, -0.2) is 12.0 Å². The molecule has 3 heteroatoms. The maximum atomic E-state index is 5.50. The number of aliphatic imine (C=N–C) groups is 1. The van der Waals surface area contributed by atoms with Crippen molar-refractivity contribution >= 4 is 5.96 Å². The van der Waals surface area contributed by atoms with Gasteiger partial charge in [-0.25, -0.2) is 4.99 Å². The van der Waals surface area contributed by atoms with Gasteiger partial charge in [0, 0.05) is 0 Å². The van der Waals surface area contributed by atoms with Crippen molar-refractivity contribution in [2.45, 2.75) is 38.1 Å². The lowest BCUT2D eigenvalue weighted by Crippen LogP contribution is -2.48. The molecule has 4 aliphatic rings. The summed E-state index contributed by atoms with van der Waals surface area (Å²) >= 11 is 0. The van der Waals surface area contributed by atoms with Gasteiger partial charge in [-0.1, -0.05) is 0 Å². The zero-order valence-electron chi connectivity index (χ0n) is 8.52. The summed E-state index contributed by atoms with van der Waals surface area (Å²) in [5.74, 6) is 3.90. The highest BCUT2D eigenvalue weighted by Crippen LogP contribution is 2.54. The van der Waals surface area contributed by atoms with E-state index in [-0.39, 0.29) is 0 Å². The van der Waals surface area contributed by atoms with E-state index in [1.807, 2.05) is 0 Å². The van der Waals surface area contributed by atoms with Crippen LogP contribution < -0.4 is 11.5 Å². The van der Waals surface area contributed by atoms with Crippen molar-refractivity contribution in [1.82, 2.24) is 0 Å². The number of hydrogen-bond donors (Lipinski definition) is 2. The second kappa shape index (κ2) is 2.88. The molecular formula is C11H19N3. The molecule has 4 saturated carbocycles. The van der Waals surface area contributed by atoms with Crippen LogP contribution in [0.2, 0.25) is 0 Å². The largest absolute Gasteiger partial charge is 0.370 e. The SMILES string of the molecule is NC(N)=NC1C2CC3CC(C2)CC1C3. The van der Waals surface area contributed by atoms with E-state index in [9.17, 15) is 0 Å². The van der Waals surface area contributed by atoms with Crippen LogP contribution >= 0.6 is 0 Å². The van der Waals surface area contributed by atoms with Gasteiger partial charge in [-0.05, 0) is 55.8 Å². The Morgan fingerprint density at radius 1 is 0.857 bits per heavy atom. The Hall–Kier alpha value is -0.730. The third kappa shape index (κ3) is 1.22. The lowest BCUT2D eigenvalue weighted by atomic mass is 9.54. The van der Waals surface area contributed by atoms with E-state index >= 15 is 0 Å². The molecule has 0 heterocycles. The monoisotopic (exact) mass is 193 g/mol. The first-order valence-electron chi connectivity index (χ1n) is 5.81. The molecule has 0 aromatic rings. The fourth-order valence-corrected chi connectivity index (χ4v) is 4.28. The topological polar surface area (TPSA) is 64.4 Å². The fraction of sp³-hybridized carbons (Fsp3) is 0.909. The highest BCUT2D eigenvalue weighted by Gasteiger charge is 2.48. The van der Waals surface area contributed by atoms with Crippen molar-refractivity contribution < 1.29 is 0 Å². The van der Waals surface area contributed by atoms with E-state index < -0.39 is 0 Å². The van der Waals surface area contributed by atoms with Gasteiger partial charge >= 0.3 is 0 Å². The van der Waals surface area contributed by atoms with Crippen LogP contribution in [0.4, 0.5) is 0 Å². The van der Waals surface area contributed by atoms with E-state index in [1.165, 1.54) is 32.1 Å². The van der Waals surface area contributed by atoms with Crippen molar-refractivity contribution in [3.63, 3.8) is 0 Å². The average Bonchev–Trinajstić information content (AvgIpc) is 2.09. The number of rotatable bonds is 1. The number of nitrogens with two attached hydrogens (primary N) is 2. The minimum Gasteiger partial charge on any atom is -0.370 e. The predicted molar refractivity (Wildman–Crippen MR) is 56.6 cm³/mol. The molecule has 4 rings (SSSR count). The van der Waals surface area contributed by atoms with Crippen molar-refractivity contribution in [3.05, 3.63) is 0 Å². The molecule has 78 valence electrons. The van der Waals surface area contributed by atoms with Gasteiger partial charge in [-0.15, -0.1) is 0 Å². The van der Waals surface area contributed by atoms with Gasteiger partial charge in [-0.3, -0.25) is 0 Å². The van der Waals surface area contributed by atoms with Crippen LogP contribution in [-0.2, 0) is 0 Å². The van der Waals surface area contributed by atoms with Crippen molar-refractivity contribution in [2.24, 2.45) is 40.1 Å². The molecule has 4 fully saturated rings. The zero-order valence-corrected chi connectivity index (χ0v) is 8.52. The second-order valence-corrected chi connectivity index (χ2v) is 5.48. The predicted octanol–water partition coefficient (Wildman–Crippen LogP) is 1.08. The Kier molecular flexibility index (Phi) is 1.76. The average molecular weight is 193 g/mol. The first kappa shape index (κ1) is 8.57. The number of hydrogen-bond acceptors (Lipinski definition) is 1. The third-order valence-corrected chi connectivity index (χ3v) is 4.48. The Morgan fingerprint density at radius 3 is 1.79 bits per heavy atom. The molecule has 0 aromatic heterocycles. The standard InChI is InChI=1S/C11H19N3/c12-11(13)14-10-8-2-6-1-7(4-8)5-9(10)3-6/h6-10H,1-5H2,(H4,12,13,14). The summed E-state index contributed by atoms with van der Waals surface area (Å²) < 4.78 is 0. The summed E-state index contributed by atoms with van der Waals surface area (Å²) in [7, 11) is 0. The van der Waals surface area contributed by atoms with Gasteiger partial charge in [0.2, 0.25) is 0 Å². The second-order valence-electron chi connectivity index (χ2n) is 5.48. The summed E-state index contributed by atoms with van der Waals surface area (Å²) in [5, 5.41) is 0. The summed E-state index contributed by atoms with van der Waals surface area (Å²) in [5.41, 5.74) is 11.0. The van der Waals surface area contributed by atoms with Crippen molar-refractivity contribution in [3.8, 4) is 0 Å². The minimum absolute atomic E-state index is 0.294. The zero-order chi connectivity index (χ0) is 9.71. The lowest BCUT2D eigenvalue weighted by Gasteiger charge is -2.53. The summed E-state index contributed by atoms with van der Waals surface area (Å²) in [6, 6.07) is 0.466. The normalized spacial score (nSPS) is 49.3. The Balaban J connectivity index is 1.84. The Morgan fingerprint density at radius 2 is 1.36 bits per heavy atom. The molecule has 0 atom stereocenters. The van der Waals surface area contributed by atoms with Crippen LogP contribution in [0.5, 0.6) is 0 Å². The molecule has 0 amide bonds. The minimum atomic E-state index is 0.294. The molecule has 0 unspecified atom stereocenters. The highest BCUT2D eigenvalue weighted by molar-refractivity contribution is 5.75. The van der Waals surface area contributed by atoms with Crippen LogP contribution in [0.25, 0.3) is 0 Å². The van der Waals surface area contributed by atoms with Gasteiger partial charge < -0.3 is 11.5 Å². The quantitative estimate of drug-likeness (QED) is 0.483. The van der Waals surface area contributed by atoms with Crippen LogP contribution in [0.15, 0.2) is 4.99 Å². The van der Waals surface area contributed by atoms with E-state index in [2.05, 4.69) is 4.99 Å². The first-order chi connectivity index (χ1) is 6.72. The smallest absolute Gasteiger partial charge is 0.186 e. The number of nitrogens with zero attached hydrogens (tertiary/aromatic N) is 1. The van der Waals surface area contributed by atoms with Gasteiger partial charge in [-0.2, -0.15) is 0 Å². The van der Waals surface area contributed by atoms with E-state index in [0.29, 0.717) is 12.0 Å². The molecule has 4 aliphatic carbocycles. The van der Waals surface area contributed by atoms with Crippen molar-refractivity contribution in [1.29, 1.82) is 0 Å². The molecule has 0 radical (unpaired) electrons. The molecule has 0 saturated heterocycles. The van der Waals surface area contributed by atoms with Gasteiger partial charge in [0.25, 0.3) is 0 Å². The lowest BCUT2D eigenvalue weighted by molar-refractivity contribution is 0.00120. The Bertz CT molecular complexity index is 240. The first-order valence-corrected chi connectivity index (χ1v) is 5.81. The molecular weight excluding hydrogens is 174 g/mol. The van der Waals surface area contributed by atoms with E-state index in [0.717, 1.165) is 23.7 Å². The summed E-state index contributed by atoms with van der Waals surface area (Å²) in [6.07, 6.45) is 7.02. The van der Waals surface area contributed by atoms with Crippen LogP contribution in [0, 0.1) is 23.7 Å². The molecule has 0 aromatic carbocycles. The highest BCUT2D eigenvalue weighted by atomic mass is 15.0. The van der Waals surface area contributed by atoms with Gasteiger partial charge in [0.15, 0.2) is 5.96 Å². The van der Waals surface area contributed by atoms with Crippen LogP contribution in [0.1, 0.15) is 32.1 Å².